The number of phenolic OH excluding ortho intramolecular Hbond substituents is 1. The number of carbonyl (C=O) groups excluding carboxylic acids is 2. The number of aromatic hydroxyl groups is 1. The molecule has 1 aliphatic heterocycles. The van der Waals surface area contributed by atoms with Crippen molar-refractivity contribution in [1.29, 1.82) is 0 Å². The Hall–Kier alpha value is -2.30. The van der Waals surface area contributed by atoms with E-state index in [0.29, 0.717) is 12.1 Å². The number of aliphatic hydroxyl groups excluding tert-OH is 1. The fourth-order valence-corrected chi connectivity index (χ4v) is 2.98. The third kappa shape index (κ3) is 3.61. The van der Waals surface area contributed by atoms with Gasteiger partial charge in [-0.15, -0.1) is 0 Å². The molecule has 0 aliphatic carbocycles. The van der Waals surface area contributed by atoms with E-state index in [0.717, 1.165) is 12.8 Å². The minimum Gasteiger partial charge on any atom is -0.508 e. The Kier molecular flexibility index (Phi) is 5.65. The molecule has 1 aliphatic rings. The van der Waals surface area contributed by atoms with E-state index in [4.69, 9.17) is 0 Å². The highest BCUT2D eigenvalue weighted by atomic mass is 16.3. The lowest BCUT2D eigenvalue weighted by Crippen LogP contribution is -2.32. The largest absolute Gasteiger partial charge is 0.508 e. The van der Waals surface area contributed by atoms with E-state index < -0.39 is 17.7 Å². The van der Waals surface area contributed by atoms with Crippen LogP contribution in [0.2, 0.25) is 0 Å². The van der Waals surface area contributed by atoms with Crippen molar-refractivity contribution in [3.8, 4) is 5.75 Å². The SMILES string of the molecule is CCCCN1C(=O)C(O)=C(C(=O)CC(C)C)C1c1ccc(O)cc1. The highest BCUT2D eigenvalue weighted by molar-refractivity contribution is 6.09. The van der Waals surface area contributed by atoms with Gasteiger partial charge in [0.05, 0.1) is 11.6 Å². The summed E-state index contributed by atoms with van der Waals surface area (Å²) in [6, 6.07) is 5.84. The number of hydrogen-bond donors (Lipinski definition) is 2. The standard InChI is InChI=1S/C19H25NO4/c1-4-5-10-20-17(13-6-8-14(21)9-7-13)16(18(23)19(20)24)15(22)11-12(2)3/h6-9,12,17,21,23H,4-5,10-11H2,1-3H3. The Bertz CT molecular complexity index is 646. The van der Waals surface area contributed by atoms with Crippen LogP contribution in [0, 0.1) is 5.92 Å². The minimum absolute atomic E-state index is 0.117. The van der Waals surface area contributed by atoms with Crippen LogP contribution in [0.15, 0.2) is 35.6 Å². The lowest BCUT2D eigenvalue weighted by molar-refractivity contribution is -0.129. The van der Waals surface area contributed by atoms with Crippen molar-refractivity contribution >= 4 is 11.7 Å². The van der Waals surface area contributed by atoms with Crippen LogP contribution in [0.3, 0.4) is 0 Å². The van der Waals surface area contributed by atoms with E-state index in [9.17, 15) is 19.8 Å². The second-order valence-corrected chi connectivity index (χ2v) is 6.63. The molecule has 0 saturated heterocycles. The predicted molar refractivity (Wildman–Crippen MR) is 91.6 cm³/mol. The molecule has 0 fully saturated rings. The molecule has 2 N–H and O–H groups in total. The number of carbonyl (C=O) groups is 2. The monoisotopic (exact) mass is 331 g/mol. The maximum Gasteiger partial charge on any atom is 0.290 e. The summed E-state index contributed by atoms with van der Waals surface area (Å²) in [7, 11) is 0. The van der Waals surface area contributed by atoms with E-state index in [1.54, 1.807) is 17.0 Å². The number of amides is 1. The fourth-order valence-electron chi connectivity index (χ4n) is 2.98. The Morgan fingerprint density at radius 1 is 1.21 bits per heavy atom. The summed E-state index contributed by atoms with van der Waals surface area (Å²) in [4.78, 5) is 26.7. The molecule has 1 heterocycles. The number of benzene rings is 1. The summed E-state index contributed by atoms with van der Waals surface area (Å²) in [5, 5.41) is 19.8. The lowest BCUT2D eigenvalue weighted by Gasteiger charge is -2.27. The number of rotatable bonds is 7. The van der Waals surface area contributed by atoms with Gasteiger partial charge in [0.1, 0.15) is 5.75 Å². The van der Waals surface area contributed by atoms with Gasteiger partial charge in [0.25, 0.3) is 5.91 Å². The van der Waals surface area contributed by atoms with Gasteiger partial charge in [-0.05, 0) is 30.0 Å². The van der Waals surface area contributed by atoms with Gasteiger partial charge in [-0.3, -0.25) is 9.59 Å². The Balaban J connectivity index is 2.45. The van der Waals surface area contributed by atoms with Crippen LogP contribution in [-0.2, 0) is 9.59 Å². The lowest BCUT2D eigenvalue weighted by atomic mass is 9.92. The summed E-state index contributed by atoms with van der Waals surface area (Å²) in [5.41, 5.74) is 0.893. The fraction of sp³-hybridized carbons (Fsp3) is 0.474. The molecule has 1 aromatic rings. The molecule has 0 aromatic heterocycles. The topological polar surface area (TPSA) is 77.8 Å². The molecule has 0 bridgehead atoms. The molecular formula is C19H25NO4. The molecule has 5 heteroatoms. The van der Waals surface area contributed by atoms with Crippen molar-refractivity contribution in [3.63, 3.8) is 0 Å². The van der Waals surface area contributed by atoms with E-state index in [1.807, 2.05) is 20.8 Å². The summed E-state index contributed by atoms with van der Waals surface area (Å²) in [6.07, 6.45) is 1.98. The van der Waals surface area contributed by atoms with E-state index in [1.165, 1.54) is 12.1 Å². The average Bonchev–Trinajstić information content (AvgIpc) is 2.77. The first-order chi connectivity index (χ1) is 11.4. The number of unbranched alkanes of at least 4 members (excludes halogenated alkanes) is 1. The molecule has 24 heavy (non-hydrogen) atoms. The van der Waals surface area contributed by atoms with E-state index >= 15 is 0 Å². The van der Waals surface area contributed by atoms with E-state index in [2.05, 4.69) is 0 Å². The zero-order valence-electron chi connectivity index (χ0n) is 14.5. The Labute approximate surface area is 142 Å². The number of nitrogens with zero attached hydrogens (tertiary/aromatic N) is 1. The van der Waals surface area contributed by atoms with Crippen LogP contribution in [0.4, 0.5) is 0 Å². The minimum atomic E-state index is -0.587. The molecule has 130 valence electrons. The van der Waals surface area contributed by atoms with Crippen LogP contribution in [0.25, 0.3) is 0 Å². The maximum atomic E-state index is 12.6. The third-order valence-electron chi connectivity index (χ3n) is 4.16. The predicted octanol–water partition coefficient (Wildman–Crippen LogP) is 3.50. The molecule has 5 nitrogen and oxygen atoms in total. The molecule has 1 atom stereocenters. The van der Waals surface area contributed by atoms with Gasteiger partial charge in [0, 0.05) is 13.0 Å². The molecule has 0 spiro atoms. The first-order valence-electron chi connectivity index (χ1n) is 8.43. The van der Waals surface area contributed by atoms with Crippen LogP contribution in [0.1, 0.15) is 51.6 Å². The summed E-state index contributed by atoms with van der Waals surface area (Å²) in [5.74, 6) is -0.874. The number of Topliss-reactive ketones (excluding diaryl/α,β-unsaturated/α-hetero) is 1. The zero-order valence-corrected chi connectivity index (χ0v) is 14.5. The second-order valence-electron chi connectivity index (χ2n) is 6.63. The molecule has 0 radical (unpaired) electrons. The molecular weight excluding hydrogens is 306 g/mol. The number of hydrogen-bond acceptors (Lipinski definition) is 4. The molecule has 0 saturated carbocycles. The number of ketones is 1. The van der Waals surface area contributed by atoms with Gasteiger partial charge in [-0.2, -0.15) is 0 Å². The van der Waals surface area contributed by atoms with Crippen LogP contribution >= 0.6 is 0 Å². The molecule has 1 amide bonds. The quantitative estimate of drug-likeness (QED) is 0.801. The molecule has 1 aromatic carbocycles. The Morgan fingerprint density at radius 2 is 1.83 bits per heavy atom. The normalized spacial score (nSPS) is 17.9. The highest BCUT2D eigenvalue weighted by Gasteiger charge is 2.42. The summed E-state index contributed by atoms with van der Waals surface area (Å²) >= 11 is 0. The highest BCUT2D eigenvalue weighted by Crippen LogP contribution is 2.39. The zero-order chi connectivity index (χ0) is 17.9. The van der Waals surface area contributed by atoms with Crippen LogP contribution in [-0.4, -0.2) is 33.3 Å². The molecule has 2 rings (SSSR count). The van der Waals surface area contributed by atoms with Crippen molar-refractivity contribution in [2.24, 2.45) is 5.92 Å². The molecule has 1 unspecified atom stereocenters. The van der Waals surface area contributed by atoms with Crippen molar-refractivity contribution in [3.05, 3.63) is 41.2 Å². The van der Waals surface area contributed by atoms with Crippen molar-refractivity contribution in [1.82, 2.24) is 4.90 Å². The maximum absolute atomic E-state index is 12.6. The van der Waals surface area contributed by atoms with Gasteiger partial charge in [-0.25, -0.2) is 0 Å². The average molecular weight is 331 g/mol. The third-order valence-corrected chi connectivity index (χ3v) is 4.16. The number of phenols is 1. The Morgan fingerprint density at radius 3 is 2.38 bits per heavy atom. The van der Waals surface area contributed by atoms with Gasteiger partial charge >= 0.3 is 0 Å². The smallest absolute Gasteiger partial charge is 0.290 e. The first-order valence-corrected chi connectivity index (χ1v) is 8.43. The van der Waals surface area contributed by atoms with Crippen molar-refractivity contribution < 1.29 is 19.8 Å². The first kappa shape index (κ1) is 18.0. The summed E-state index contributed by atoms with van der Waals surface area (Å²) < 4.78 is 0. The number of aliphatic hydroxyl groups is 1. The van der Waals surface area contributed by atoms with Crippen LogP contribution < -0.4 is 0 Å². The van der Waals surface area contributed by atoms with Crippen molar-refractivity contribution in [2.45, 2.75) is 46.1 Å². The van der Waals surface area contributed by atoms with Gasteiger partial charge < -0.3 is 15.1 Å². The van der Waals surface area contributed by atoms with Crippen LogP contribution in [0.5, 0.6) is 5.75 Å². The van der Waals surface area contributed by atoms with E-state index in [-0.39, 0.29) is 29.4 Å². The second kappa shape index (κ2) is 7.51. The van der Waals surface area contributed by atoms with Gasteiger partial charge in [-0.1, -0.05) is 39.3 Å². The van der Waals surface area contributed by atoms with Crippen molar-refractivity contribution in [2.75, 3.05) is 6.54 Å². The van der Waals surface area contributed by atoms with Gasteiger partial charge in [0.2, 0.25) is 0 Å². The van der Waals surface area contributed by atoms with Gasteiger partial charge in [0.15, 0.2) is 11.5 Å². The summed E-state index contributed by atoms with van der Waals surface area (Å²) in [6.45, 7) is 6.35.